The molecule has 2 heterocycles. The molecule has 1 amide bonds. The summed E-state index contributed by atoms with van der Waals surface area (Å²) in [6.07, 6.45) is 0. The van der Waals surface area contributed by atoms with E-state index in [0.29, 0.717) is 5.17 Å². The molecule has 0 spiro atoms. The van der Waals surface area contributed by atoms with Crippen molar-refractivity contribution in [2.24, 2.45) is 4.99 Å². The molecule has 0 radical (unpaired) electrons. The van der Waals surface area contributed by atoms with Gasteiger partial charge in [0.1, 0.15) is 0 Å². The monoisotopic (exact) mass is 395 g/mol. The van der Waals surface area contributed by atoms with E-state index in [-0.39, 0.29) is 28.7 Å². The molecule has 2 aliphatic rings. The number of amidine groups is 1. The average molecular weight is 396 g/mol. The number of aliphatic imine (C=N–C) groups is 1. The second-order valence-corrected chi connectivity index (χ2v) is 10.1. The van der Waals surface area contributed by atoms with Crippen LogP contribution < -0.4 is 9.80 Å². The zero-order valence-electron chi connectivity index (χ0n) is 15.6. The Morgan fingerprint density at radius 3 is 2.58 bits per heavy atom. The Kier molecular flexibility index (Phi) is 5.35. The van der Waals surface area contributed by atoms with Crippen LogP contribution >= 0.6 is 11.8 Å². The van der Waals surface area contributed by atoms with E-state index in [1.807, 2.05) is 17.9 Å². The molecule has 26 heavy (non-hydrogen) atoms. The fraction of sp³-hybridized carbons (Fsp3) is 0.556. The molecule has 2 aliphatic heterocycles. The average Bonchev–Trinajstić information content (AvgIpc) is 2.99. The first kappa shape index (κ1) is 19.2. The SMILES string of the molecule is CCN(CC)c1ccc(N2C(=NC(C)=O)S[C@@H]3CS(=O)(=O)C[C@H]32)c(C)c1. The number of sulfone groups is 1. The molecule has 1 aromatic carbocycles. The Balaban J connectivity index is 2.02. The van der Waals surface area contributed by atoms with Crippen molar-refractivity contribution in [1.82, 2.24) is 0 Å². The van der Waals surface area contributed by atoms with Crippen LogP contribution in [0.3, 0.4) is 0 Å². The van der Waals surface area contributed by atoms with Crippen LogP contribution in [-0.2, 0) is 14.6 Å². The lowest BCUT2D eigenvalue weighted by molar-refractivity contribution is -0.115. The molecular weight excluding hydrogens is 370 g/mol. The first-order valence-electron chi connectivity index (χ1n) is 8.87. The van der Waals surface area contributed by atoms with Crippen LogP contribution in [0, 0.1) is 6.92 Å². The van der Waals surface area contributed by atoms with Crippen molar-refractivity contribution in [1.29, 1.82) is 0 Å². The summed E-state index contributed by atoms with van der Waals surface area (Å²) in [7, 11) is -3.05. The van der Waals surface area contributed by atoms with Gasteiger partial charge in [-0.2, -0.15) is 4.99 Å². The molecule has 3 rings (SSSR count). The van der Waals surface area contributed by atoms with Crippen molar-refractivity contribution in [3.05, 3.63) is 23.8 Å². The maximum absolute atomic E-state index is 12.1. The van der Waals surface area contributed by atoms with Crippen LogP contribution in [0.25, 0.3) is 0 Å². The Hall–Kier alpha value is -1.54. The number of hydrogen-bond acceptors (Lipinski definition) is 5. The zero-order valence-corrected chi connectivity index (χ0v) is 17.2. The van der Waals surface area contributed by atoms with Crippen molar-refractivity contribution in [3.8, 4) is 0 Å². The standard InChI is InChI=1S/C18H25N3O3S2/c1-5-20(6-2)14-7-8-15(12(3)9-14)21-16-10-26(23,24)11-17(16)25-18(21)19-13(4)22/h7-9,16-17H,5-6,10-11H2,1-4H3/t16-,17-/m1/s1. The molecule has 2 fully saturated rings. The number of thioether (sulfide) groups is 1. The van der Waals surface area contributed by atoms with Gasteiger partial charge in [-0.25, -0.2) is 8.42 Å². The third-order valence-corrected chi connectivity index (χ3v) is 8.10. The van der Waals surface area contributed by atoms with Crippen molar-refractivity contribution in [2.75, 3.05) is 34.4 Å². The summed E-state index contributed by atoms with van der Waals surface area (Å²) >= 11 is 1.41. The first-order chi connectivity index (χ1) is 12.3. The molecule has 0 aliphatic carbocycles. The van der Waals surface area contributed by atoms with E-state index in [9.17, 15) is 13.2 Å². The molecule has 0 unspecified atom stereocenters. The van der Waals surface area contributed by atoms with Crippen molar-refractivity contribution >= 4 is 44.0 Å². The maximum Gasteiger partial charge on any atom is 0.244 e. The first-order valence-corrected chi connectivity index (χ1v) is 11.6. The van der Waals surface area contributed by atoms with Gasteiger partial charge in [-0.1, -0.05) is 11.8 Å². The number of rotatable bonds is 4. The highest BCUT2D eigenvalue weighted by Crippen LogP contribution is 2.42. The molecule has 2 saturated heterocycles. The number of anilines is 2. The van der Waals surface area contributed by atoms with Crippen LogP contribution in [0.2, 0.25) is 0 Å². The summed E-state index contributed by atoms with van der Waals surface area (Å²) < 4.78 is 24.2. The minimum absolute atomic E-state index is 0.0695. The predicted octanol–water partition coefficient (Wildman–Crippen LogP) is 2.46. The summed E-state index contributed by atoms with van der Waals surface area (Å²) in [5.41, 5.74) is 3.12. The summed E-state index contributed by atoms with van der Waals surface area (Å²) in [5.74, 6) is -0.0109. The number of hydrogen-bond donors (Lipinski definition) is 0. The zero-order chi connectivity index (χ0) is 19.1. The lowest BCUT2D eigenvalue weighted by atomic mass is 10.1. The second kappa shape index (κ2) is 7.23. The molecule has 142 valence electrons. The van der Waals surface area contributed by atoms with Gasteiger partial charge < -0.3 is 9.80 Å². The number of carbonyl (C=O) groups is 1. The van der Waals surface area contributed by atoms with E-state index >= 15 is 0 Å². The molecule has 2 atom stereocenters. The van der Waals surface area contributed by atoms with Gasteiger partial charge >= 0.3 is 0 Å². The van der Waals surface area contributed by atoms with E-state index in [1.54, 1.807) is 0 Å². The van der Waals surface area contributed by atoms with Crippen molar-refractivity contribution in [3.63, 3.8) is 0 Å². The fourth-order valence-corrected chi connectivity index (χ4v) is 7.63. The minimum Gasteiger partial charge on any atom is -0.372 e. The summed E-state index contributed by atoms with van der Waals surface area (Å²) in [4.78, 5) is 20.0. The second-order valence-electron chi connectivity index (χ2n) is 6.73. The number of aryl methyl sites for hydroxylation is 1. The predicted molar refractivity (Wildman–Crippen MR) is 109 cm³/mol. The normalized spacial score (nSPS) is 25.5. The molecule has 0 N–H and O–H groups in total. The van der Waals surface area contributed by atoms with Gasteiger partial charge in [0.25, 0.3) is 0 Å². The van der Waals surface area contributed by atoms with Crippen LogP contribution in [0.5, 0.6) is 0 Å². The highest BCUT2D eigenvalue weighted by Gasteiger charge is 2.49. The Morgan fingerprint density at radius 2 is 2.00 bits per heavy atom. The number of fused-ring (bicyclic) bond motifs is 1. The third-order valence-electron chi connectivity index (χ3n) is 4.89. The van der Waals surface area contributed by atoms with Crippen LogP contribution in [0.4, 0.5) is 11.4 Å². The highest BCUT2D eigenvalue weighted by molar-refractivity contribution is 8.16. The van der Waals surface area contributed by atoms with Gasteiger partial charge in [0, 0.05) is 36.6 Å². The molecule has 0 aromatic heterocycles. The third kappa shape index (κ3) is 3.62. The number of amides is 1. The fourth-order valence-electron chi connectivity index (χ4n) is 3.68. The van der Waals surface area contributed by atoms with Crippen molar-refractivity contribution < 1.29 is 13.2 Å². The largest absolute Gasteiger partial charge is 0.372 e. The van der Waals surface area contributed by atoms with Crippen LogP contribution in [0.1, 0.15) is 26.3 Å². The molecule has 0 saturated carbocycles. The minimum atomic E-state index is -3.05. The van der Waals surface area contributed by atoms with E-state index in [1.165, 1.54) is 18.7 Å². The summed E-state index contributed by atoms with van der Waals surface area (Å²) in [6.45, 7) is 9.54. The maximum atomic E-state index is 12.1. The molecular formula is C18H25N3O3S2. The van der Waals surface area contributed by atoms with Crippen molar-refractivity contribution in [2.45, 2.75) is 39.0 Å². The van der Waals surface area contributed by atoms with Gasteiger partial charge in [0.15, 0.2) is 15.0 Å². The van der Waals surface area contributed by atoms with Gasteiger partial charge in [0.2, 0.25) is 5.91 Å². The lowest BCUT2D eigenvalue weighted by Gasteiger charge is -2.28. The molecule has 6 nitrogen and oxygen atoms in total. The number of benzene rings is 1. The van der Waals surface area contributed by atoms with E-state index < -0.39 is 9.84 Å². The van der Waals surface area contributed by atoms with E-state index in [0.717, 1.165) is 30.0 Å². The lowest BCUT2D eigenvalue weighted by Crippen LogP contribution is -2.38. The molecule has 0 bridgehead atoms. The van der Waals surface area contributed by atoms with Crippen LogP contribution in [0.15, 0.2) is 23.2 Å². The smallest absolute Gasteiger partial charge is 0.244 e. The van der Waals surface area contributed by atoms with E-state index in [4.69, 9.17) is 0 Å². The summed E-state index contributed by atoms with van der Waals surface area (Å²) in [6, 6.07) is 6.03. The van der Waals surface area contributed by atoms with Gasteiger partial charge in [0.05, 0.1) is 17.5 Å². The molecule has 8 heteroatoms. The van der Waals surface area contributed by atoms with E-state index in [2.05, 4.69) is 35.9 Å². The number of nitrogens with zero attached hydrogens (tertiary/aromatic N) is 3. The summed E-state index contributed by atoms with van der Waals surface area (Å²) in [5, 5.41) is 0.543. The van der Waals surface area contributed by atoms with Gasteiger partial charge in [-0.05, 0) is 44.5 Å². The Morgan fingerprint density at radius 1 is 1.31 bits per heavy atom. The number of carbonyl (C=O) groups excluding carboxylic acids is 1. The Bertz CT molecular complexity index is 847. The van der Waals surface area contributed by atoms with Crippen LogP contribution in [-0.4, -0.2) is 55.4 Å². The quantitative estimate of drug-likeness (QED) is 0.780. The van der Waals surface area contributed by atoms with Gasteiger partial charge in [-0.3, -0.25) is 4.79 Å². The highest BCUT2D eigenvalue weighted by atomic mass is 32.2. The van der Waals surface area contributed by atoms with Gasteiger partial charge in [-0.15, -0.1) is 0 Å². The topological polar surface area (TPSA) is 70.0 Å². The molecule has 1 aromatic rings. The Labute approximate surface area is 159 Å².